The molecular weight excluding hydrogens is 330 g/mol. The molecule has 2 fully saturated rings. The van der Waals surface area contributed by atoms with E-state index in [4.69, 9.17) is 9.47 Å². The normalized spacial score (nSPS) is 28.1. The number of nitrogens with zero attached hydrogens (tertiary/aromatic N) is 1. The Morgan fingerprint density at radius 1 is 1.08 bits per heavy atom. The Morgan fingerprint density at radius 2 is 1.85 bits per heavy atom. The summed E-state index contributed by atoms with van der Waals surface area (Å²) in [6, 6.07) is 13.9. The van der Waals surface area contributed by atoms with Gasteiger partial charge in [0.25, 0.3) is 0 Å². The lowest BCUT2D eigenvalue weighted by Gasteiger charge is -2.40. The van der Waals surface area contributed by atoms with Gasteiger partial charge in [-0.15, -0.1) is 0 Å². The maximum Gasteiger partial charge on any atom is 0.338 e. The molecule has 0 radical (unpaired) electrons. The highest BCUT2D eigenvalue weighted by atomic mass is 16.6. The Bertz CT molecular complexity index is 849. The first kappa shape index (κ1) is 17.0. The van der Waals surface area contributed by atoms with Gasteiger partial charge in [0.1, 0.15) is 12.0 Å². The Hall–Kier alpha value is -2.40. The number of carbonyl (C=O) groups excluding carboxylic acids is 2. The minimum atomic E-state index is -0.435. The third-order valence-corrected chi connectivity index (χ3v) is 5.93. The van der Waals surface area contributed by atoms with Crippen LogP contribution in [0.1, 0.15) is 29.6 Å². The van der Waals surface area contributed by atoms with Crippen LogP contribution in [0.4, 0.5) is 0 Å². The fraction of sp³-hybridized carbons (Fsp3) is 0.429. The number of benzene rings is 2. The fourth-order valence-corrected chi connectivity index (χ4v) is 4.51. The van der Waals surface area contributed by atoms with Crippen LogP contribution in [0.2, 0.25) is 0 Å². The van der Waals surface area contributed by atoms with E-state index in [1.165, 1.54) is 7.11 Å². The zero-order chi connectivity index (χ0) is 18.3. The second-order valence-corrected chi connectivity index (χ2v) is 7.25. The smallest absolute Gasteiger partial charge is 0.338 e. The summed E-state index contributed by atoms with van der Waals surface area (Å²) in [6.45, 7) is 0. The van der Waals surface area contributed by atoms with E-state index in [0.717, 1.165) is 23.6 Å². The van der Waals surface area contributed by atoms with Crippen LogP contribution in [0.3, 0.4) is 0 Å². The molecule has 5 heteroatoms. The highest BCUT2D eigenvalue weighted by molar-refractivity contribution is 5.95. The number of methoxy groups -OCH3 is 1. The average molecular weight is 353 g/mol. The number of ether oxygens (including phenoxy) is 2. The minimum Gasteiger partial charge on any atom is -0.469 e. The zero-order valence-corrected chi connectivity index (χ0v) is 15.1. The number of esters is 2. The molecule has 5 nitrogen and oxygen atoms in total. The molecule has 136 valence electrons. The monoisotopic (exact) mass is 353 g/mol. The van der Waals surface area contributed by atoms with Crippen molar-refractivity contribution in [3.05, 3.63) is 48.0 Å². The molecule has 0 amide bonds. The van der Waals surface area contributed by atoms with E-state index in [-0.39, 0.29) is 18.0 Å². The SMILES string of the molecule is COC(=O)[C@H]1[C@@H](OC(=O)c2ccc3ccccc3c2)C[C@@H]2CC[C@H]1N2C. The summed E-state index contributed by atoms with van der Waals surface area (Å²) in [6.07, 6.45) is 2.20. The molecule has 0 spiro atoms. The van der Waals surface area contributed by atoms with Gasteiger partial charge in [-0.2, -0.15) is 0 Å². The van der Waals surface area contributed by atoms with Gasteiger partial charge in [-0.3, -0.25) is 9.69 Å². The van der Waals surface area contributed by atoms with E-state index in [1.54, 1.807) is 6.07 Å². The largest absolute Gasteiger partial charge is 0.469 e. The van der Waals surface area contributed by atoms with Crippen LogP contribution in [-0.2, 0) is 14.3 Å². The van der Waals surface area contributed by atoms with Crippen molar-refractivity contribution in [2.75, 3.05) is 14.2 Å². The Kier molecular flexibility index (Phi) is 4.41. The molecule has 2 aromatic carbocycles. The molecule has 0 saturated carbocycles. The van der Waals surface area contributed by atoms with Crippen molar-refractivity contribution >= 4 is 22.7 Å². The van der Waals surface area contributed by atoms with E-state index < -0.39 is 12.0 Å². The van der Waals surface area contributed by atoms with Crippen LogP contribution in [0.5, 0.6) is 0 Å². The third-order valence-electron chi connectivity index (χ3n) is 5.93. The van der Waals surface area contributed by atoms with Crippen molar-refractivity contribution < 1.29 is 19.1 Å². The first-order valence-corrected chi connectivity index (χ1v) is 9.08. The number of fused-ring (bicyclic) bond motifs is 3. The third kappa shape index (κ3) is 2.86. The second kappa shape index (κ2) is 6.72. The van der Waals surface area contributed by atoms with E-state index in [9.17, 15) is 9.59 Å². The molecule has 4 rings (SSSR count). The molecule has 0 aliphatic carbocycles. The molecule has 0 aromatic heterocycles. The summed E-state index contributed by atoms with van der Waals surface area (Å²) in [7, 11) is 3.44. The molecule has 0 N–H and O–H groups in total. The van der Waals surface area contributed by atoms with Gasteiger partial charge in [0, 0.05) is 18.5 Å². The van der Waals surface area contributed by atoms with Crippen molar-refractivity contribution in [3.63, 3.8) is 0 Å². The molecule has 0 unspecified atom stereocenters. The molecule has 2 saturated heterocycles. The first-order valence-electron chi connectivity index (χ1n) is 9.08. The van der Waals surface area contributed by atoms with E-state index in [2.05, 4.69) is 4.90 Å². The lowest BCUT2D eigenvalue weighted by molar-refractivity contribution is -0.156. The molecule has 2 aliphatic heterocycles. The van der Waals surface area contributed by atoms with Crippen LogP contribution in [-0.4, -0.2) is 49.2 Å². The van der Waals surface area contributed by atoms with Gasteiger partial charge >= 0.3 is 11.9 Å². The van der Waals surface area contributed by atoms with Gasteiger partial charge in [-0.25, -0.2) is 4.79 Å². The first-order chi connectivity index (χ1) is 12.6. The van der Waals surface area contributed by atoms with Crippen molar-refractivity contribution in [2.45, 2.75) is 37.5 Å². The standard InChI is InChI=1S/C21H23NO4/c1-22-16-9-10-17(22)19(21(24)25-2)18(12-16)26-20(23)15-8-7-13-5-3-4-6-14(13)11-15/h3-8,11,16-19H,9-10,12H2,1-2H3/t16-,17+,18-,19+/m0/s1. The quantitative estimate of drug-likeness (QED) is 0.794. The fourth-order valence-electron chi connectivity index (χ4n) is 4.51. The second-order valence-electron chi connectivity index (χ2n) is 7.25. The maximum absolute atomic E-state index is 12.7. The van der Waals surface area contributed by atoms with Gasteiger partial charge < -0.3 is 9.47 Å². The zero-order valence-electron chi connectivity index (χ0n) is 15.1. The number of piperidine rings is 1. The molecule has 2 heterocycles. The van der Waals surface area contributed by atoms with Crippen molar-refractivity contribution in [1.82, 2.24) is 4.90 Å². The van der Waals surface area contributed by atoms with Gasteiger partial charge in [-0.1, -0.05) is 30.3 Å². The van der Waals surface area contributed by atoms with Crippen LogP contribution < -0.4 is 0 Å². The van der Waals surface area contributed by atoms with Crippen molar-refractivity contribution in [3.8, 4) is 0 Å². The molecule has 2 aromatic rings. The van der Waals surface area contributed by atoms with Crippen LogP contribution in [0, 0.1) is 5.92 Å². The number of rotatable bonds is 3. The highest BCUT2D eigenvalue weighted by Gasteiger charge is 2.50. The van der Waals surface area contributed by atoms with Crippen molar-refractivity contribution in [1.29, 1.82) is 0 Å². The highest BCUT2D eigenvalue weighted by Crippen LogP contribution is 2.40. The summed E-state index contributed by atoms with van der Waals surface area (Å²) in [5, 5.41) is 2.07. The lowest BCUT2D eigenvalue weighted by Crippen LogP contribution is -2.53. The van der Waals surface area contributed by atoms with Gasteiger partial charge in [0.15, 0.2) is 0 Å². The molecule has 2 bridgehead atoms. The van der Waals surface area contributed by atoms with Crippen LogP contribution >= 0.6 is 0 Å². The molecule has 4 atom stereocenters. The average Bonchev–Trinajstić information content (AvgIpc) is 2.90. The van der Waals surface area contributed by atoms with Gasteiger partial charge in [0.2, 0.25) is 0 Å². The van der Waals surface area contributed by atoms with E-state index in [1.807, 2.05) is 43.4 Å². The summed E-state index contributed by atoms with van der Waals surface area (Å²) < 4.78 is 10.8. The van der Waals surface area contributed by atoms with Crippen LogP contribution in [0.25, 0.3) is 10.8 Å². The molecule has 2 aliphatic rings. The van der Waals surface area contributed by atoms with Crippen molar-refractivity contribution in [2.24, 2.45) is 5.92 Å². The topological polar surface area (TPSA) is 55.8 Å². The Balaban J connectivity index is 1.57. The predicted molar refractivity (Wildman–Crippen MR) is 97.8 cm³/mol. The van der Waals surface area contributed by atoms with Gasteiger partial charge in [-0.05, 0) is 42.8 Å². The summed E-state index contributed by atoms with van der Waals surface area (Å²) in [5.74, 6) is -1.09. The Morgan fingerprint density at radius 3 is 2.62 bits per heavy atom. The lowest BCUT2D eigenvalue weighted by atomic mass is 9.87. The predicted octanol–water partition coefficient (Wildman–Crippen LogP) is 3.02. The summed E-state index contributed by atoms with van der Waals surface area (Å²) in [4.78, 5) is 27.3. The van der Waals surface area contributed by atoms with E-state index >= 15 is 0 Å². The van der Waals surface area contributed by atoms with Gasteiger partial charge in [0.05, 0.1) is 12.7 Å². The maximum atomic E-state index is 12.7. The number of carbonyl (C=O) groups is 2. The molecular formula is C21H23NO4. The summed E-state index contributed by atoms with van der Waals surface area (Å²) in [5.41, 5.74) is 0.513. The molecule has 26 heavy (non-hydrogen) atoms. The minimum absolute atomic E-state index is 0.0793. The number of hydrogen-bond acceptors (Lipinski definition) is 5. The Labute approximate surface area is 152 Å². The summed E-state index contributed by atoms with van der Waals surface area (Å²) >= 11 is 0. The van der Waals surface area contributed by atoms with Crippen LogP contribution in [0.15, 0.2) is 42.5 Å². The van der Waals surface area contributed by atoms with E-state index in [0.29, 0.717) is 18.0 Å². The number of hydrogen-bond donors (Lipinski definition) is 0.